The molecule has 2 nitrogen and oxygen atoms in total. The van der Waals surface area contributed by atoms with Crippen molar-refractivity contribution < 1.29 is 0 Å². The number of rotatable bonds is 5. The Morgan fingerprint density at radius 2 is 1.07 bits per heavy atom. The SMILES string of the molecule is CCN(C)c1ccc2c(c1)C1(c3ccccc3-c3ccccc31)c1cc(N(CC)c3cccc4c3-c3ccccc3C4)ccc1-2. The first-order valence-electron chi connectivity index (χ1n) is 16.3. The largest absolute Gasteiger partial charge is 0.375 e. The second-order valence-electron chi connectivity index (χ2n) is 12.7. The molecule has 1 spiro atoms. The standard InChI is InChI=1S/C43H36N2/c1-4-44(3)30-21-23-35-36-24-22-31(45(5-2)41-20-12-14-29-25-28-13-6-7-15-32(28)42(29)41)27-40(36)43(39(35)26-30)37-18-10-8-16-33(37)34-17-9-11-19-38(34)43/h6-24,26-27H,4-5,25H2,1-3H3. The van der Waals surface area contributed by atoms with Crippen LogP contribution in [0.1, 0.15) is 47.2 Å². The molecule has 0 bridgehead atoms. The fourth-order valence-electron chi connectivity index (χ4n) is 8.59. The highest BCUT2D eigenvalue weighted by Gasteiger charge is 2.52. The number of benzene rings is 6. The van der Waals surface area contributed by atoms with Gasteiger partial charge in [0, 0.05) is 42.8 Å². The number of fused-ring (bicyclic) bond motifs is 13. The van der Waals surface area contributed by atoms with Crippen LogP contribution in [0.2, 0.25) is 0 Å². The molecule has 6 aromatic rings. The molecule has 45 heavy (non-hydrogen) atoms. The molecule has 2 heteroatoms. The molecule has 0 amide bonds. The molecule has 0 N–H and O–H groups in total. The van der Waals surface area contributed by atoms with E-state index in [0.29, 0.717) is 0 Å². The van der Waals surface area contributed by atoms with Gasteiger partial charge in [0.05, 0.1) is 5.41 Å². The van der Waals surface area contributed by atoms with Crippen molar-refractivity contribution >= 4 is 17.1 Å². The van der Waals surface area contributed by atoms with Crippen molar-refractivity contribution in [2.24, 2.45) is 0 Å². The van der Waals surface area contributed by atoms with Gasteiger partial charge in [-0.1, -0.05) is 97.1 Å². The molecule has 0 aliphatic heterocycles. The molecule has 9 rings (SSSR count). The molecule has 218 valence electrons. The third-order valence-electron chi connectivity index (χ3n) is 10.7. The van der Waals surface area contributed by atoms with Crippen LogP contribution in [0.4, 0.5) is 17.1 Å². The summed E-state index contributed by atoms with van der Waals surface area (Å²) in [4.78, 5) is 4.88. The minimum atomic E-state index is -0.372. The monoisotopic (exact) mass is 580 g/mol. The Morgan fingerprint density at radius 1 is 0.511 bits per heavy atom. The average molecular weight is 581 g/mol. The van der Waals surface area contributed by atoms with E-state index in [9.17, 15) is 0 Å². The minimum absolute atomic E-state index is 0.372. The van der Waals surface area contributed by atoms with Crippen LogP contribution in [0, 0.1) is 0 Å². The first-order chi connectivity index (χ1) is 22.1. The molecule has 0 aromatic heterocycles. The Bertz CT molecular complexity index is 2110. The lowest BCUT2D eigenvalue weighted by Gasteiger charge is -2.33. The first-order valence-corrected chi connectivity index (χ1v) is 16.3. The molecule has 0 unspecified atom stereocenters. The quantitative estimate of drug-likeness (QED) is 0.200. The van der Waals surface area contributed by atoms with Crippen molar-refractivity contribution in [2.45, 2.75) is 25.7 Å². The van der Waals surface area contributed by atoms with Gasteiger partial charge in [0.1, 0.15) is 0 Å². The third-order valence-corrected chi connectivity index (χ3v) is 10.7. The summed E-state index contributed by atoms with van der Waals surface area (Å²) in [6, 6.07) is 48.4. The number of hydrogen-bond donors (Lipinski definition) is 0. The maximum Gasteiger partial charge on any atom is 0.0727 e. The summed E-state index contributed by atoms with van der Waals surface area (Å²) in [5.74, 6) is 0. The third kappa shape index (κ3) is 3.45. The van der Waals surface area contributed by atoms with Gasteiger partial charge in [-0.2, -0.15) is 0 Å². The van der Waals surface area contributed by atoms with Crippen LogP contribution < -0.4 is 9.80 Å². The van der Waals surface area contributed by atoms with E-state index in [4.69, 9.17) is 0 Å². The molecular weight excluding hydrogens is 544 g/mol. The summed E-state index contributed by atoms with van der Waals surface area (Å²) in [5, 5.41) is 0. The van der Waals surface area contributed by atoms with Gasteiger partial charge in [0.15, 0.2) is 0 Å². The van der Waals surface area contributed by atoms with Crippen molar-refractivity contribution in [3.8, 4) is 33.4 Å². The number of nitrogens with zero attached hydrogens (tertiary/aromatic N) is 2. The lowest BCUT2D eigenvalue weighted by Crippen LogP contribution is -2.27. The van der Waals surface area contributed by atoms with Crippen molar-refractivity contribution in [3.63, 3.8) is 0 Å². The van der Waals surface area contributed by atoms with Gasteiger partial charge in [-0.3, -0.25) is 0 Å². The number of anilines is 3. The molecule has 0 saturated carbocycles. The zero-order chi connectivity index (χ0) is 30.3. The maximum atomic E-state index is 2.53. The van der Waals surface area contributed by atoms with Crippen LogP contribution in [-0.4, -0.2) is 20.1 Å². The second kappa shape index (κ2) is 9.71. The van der Waals surface area contributed by atoms with Gasteiger partial charge in [-0.05, 0) is 112 Å². The van der Waals surface area contributed by atoms with Crippen molar-refractivity contribution in [3.05, 3.63) is 161 Å². The van der Waals surface area contributed by atoms with Crippen LogP contribution in [0.5, 0.6) is 0 Å². The lowest BCUT2D eigenvalue weighted by atomic mass is 9.70. The maximum absolute atomic E-state index is 2.53. The molecular formula is C43H36N2. The summed E-state index contributed by atoms with van der Waals surface area (Å²) in [6.07, 6.45) is 1.00. The van der Waals surface area contributed by atoms with E-state index in [1.807, 2.05) is 0 Å². The Hall–Kier alpha value is -5.08. The summed E-state index contributed by atoms with van der Waals surface area (Å²) < 4.78 is 0. The van der Waals surface area contributed by atoms with Crippen LogP contribution in [-0.2, 0) is 11.8 Å². The fourth-order valence-corrected chi connectivity index (χ4v) is 8.59. The molecule has 0 atom stereocenters. The highest BCUT2D eigenvalue weighted by atomic mass is 15.1. The summed E-state index contributed by atoms with van der Waals surface area (Å²) in [6.45, 7) is 6.36. The molecule has 6 aromatic carbocycles. The van der Waals surface area contributed by atoms with Gasteiger partial charge in [-0.25, -0.2) is 0 Å². The van der Waals surface area contributed by atoms with Gasteiger partial charge < -0.3 is 9.80 Å². The molecule has 0 saturated heterocycles. The van der Waals surface area contributed by atoms with E-state index < -0.39 is 0 Å². The van der Waals surface area contributed by atoms with Crippen molar-refractivity contribution in [1.82, 2.24) is 0 Å². The van der Waals surface area contributed by atoms with E-state index in [0.717, 1.165) is 19.5 Å². The fraction of sp³-hybridized carbons (Fsp3) is 0.163. The van der Waals surface area contributed by atoms with E-state index >= 15 is 0 Å². The highest BCUT2D eigenvalue weighted by Crippen LogP contribution is 2.63. The average Bonchev–Trinajstić information content (AvgIpc) is 3.72. The van der Waals surface area contributed by atoms with E-state index in [2.05, 4.69) is 158 Å². The van der Waals surface area contributed by atoms with Crippen molar-refractivity contribution in [2.75, 3.05) is 29.9 Å². The summed E-state index contributed by atoms with van der Waals surface area (Å²) in [5.41, 5.74) is 19.9. The van der Waals surface area contributed by atoms with Crippen LogP contribution in [0.15, 0.2) is 127 Å². The van der Waals surface area contributed by atoms with Gasteiger partial charge in [0.25, 0.3) is 0 Å². The lowest BCUT2D eigenvalue weighted by molar-refractivity contribution is 0.791. The predicted octanol–water partition coefficient (Wildman–Crippen LogP) is 10.2. The predicted molar refractivity (Wildman–Crippen MR) is 189 cm³/mol. The van der Waals surface area contributed by atoms with Crippen LogP contribution in [0.3, 0.4) is 0 Å². The Labute approximate surface area is 266 Å². The topological polar surface area (TPSA) is 6.48 Å². The molecule has 3 aliphatic carbocycles. The minimum Gasteiger partial charge on any atom is -0.375 e. The zero-order valence-electron chi connectivity index (χ0n) is 26.1. The Kier molecular flexibility index (Phi) is 5.68. The van der Waals surface area contributed by atoms with Crippen LogP contribution >= 0.6 is 0 Å². The van der Waals surface area contributed by atoms with Crippen LogP contribution in [0.25, 0.3) is 33.4 Å². The smallest absolute Gasteiger partial charge is 0.0727 e. The Balaban J connectivity index is 1.31. The molecule has 0 fully saturated rings. The summed E-state index contributed by atoms with van der Waals surface area (Å²) in [7, 11) is 2.20. The van der Waals surface area contributed by atoms with Gasteiger partial charge >= 0.3 is 0 Å². The highest BCUT2D eigenvalue weighted by molar-refractivity contribution is 5.97. The van der Waals surface area contributed by atoms with Crippen molar-refractivity contribution in [1.29, 1.82) is 0 Å². The van der Waals surface area contributed by atoms with E-state index in [-0.39, 0.29) is 5.41 Å². The molecule has 0 heterocycles. The summed E-state index contributed by atoms with van der Waals surface area (Å²) >= 11 is 0. The first kappa shape index (κ1) is 26.3. The second-order valence-corrected chi connectivity index (χ2v) is 12.7. The molecule has 0 radical (unpaired) electrons. The number of hydrogen-bond acceptors (Lipinski definition) is 2. The van der Waals surface area contributed by atoms with Gasteiger partial charge in [-0.15, -0.1) is 0 Å². The molecule has 3 aliphatic rings. The zero-order valence-corrected chi connectivity index (χ0v) is 26.1. The van der Waals surface area contributed by atoms with E-state index in [1.54, 1.807) is 0 Å². The van der Waals surface area contributed by atoms with E-state index in [1.165, 1.54) is 83.8 Å². The normalized spacial score (nSPS) is 13.9. The Morgan fingerprint density at radius 3 is 1.73 bits per heavy atom. The van der Waals surface area contributed by atoms with Gasteiger partial charge in [0.2, 0.25) is 0 Å².